The van der Waals surface area contributed by atoms with E-state index >= 15 is 0 Å². The lowest BCUT2D eigenvalue weighted by molar-refractivity contribution is -0.137. The summed E-state index contributed by atoms with van der Waals surface area (Å²) in [7, 11) is 0. The molecule has 168 valence electrons. The second-order valence-electron chi connectivity index (χ2n) is 8.39. The Hall–Kier alpha value is -3.80. The van der Waals surface area contributed by atoms with E-state index in [9.17, 15) is 9.90 Å². The molecule has 1 atom stereocenters. The topological polar surface area (TPSA) is 76.4 Å². The number of nitrogens with zero attached hydrogens (tertiary/aromatic N) is 2. The monoisotopic (exact) mass is 441 g/mol. The predicted octanol–water partition coefficient (Wildman–Crippen LogP) is 5.08. The minimum absolute atomic E-state index is 0.0232. The number of benzene rings is 2. The van der Waals surface area contributed by atoms with Crippen LogP contribution in [-0.2, 0) is 17.6 Å². The number of ether oxygens (including phenoxy) is 1. The molecule has 2 N–H and O–H groups in total. The first-order valence-electron chi connectivity index (χ1n) is 11.4. The van der Waals surface area contributed by atoms with Crippen molar-refractivity contribution in [3.8, 4) is 5.75 Å². The standard InChI is InChI=1S/C27H27N3O3/c31-27(32)18-26(19-5-2-1-3-6-19)30-15-12-20-17-22(9-11-25(20)30)33-16-13-21-8-10-23-24(29-21)7-4-14-28-23/h1-3,5-6,8-12,15,17,26,28H,4,7,13-14,16,18H2,(H,31,32). The average Bonchev–Trinajstić information content (AvgIpc) is 3.26. The quantitative estimate of drug-likeness (QED) is 0.399. The predicted molar refractivity (Wildman–Crippen MR) is 129 cm³/mol. The third-order valence-corrected chi connectivity index (χ3v) is 6.14. The van der Waals surface area contributed by atoms with Crippen molar-refractivity contribution in [1.29, 1.82) is 0 Å². The summed E-state index contributed by atoms with van der Waals surface area (Å²) < 4.78 is 8.06. The number of anilines is 1. The lowest BCUT2D eigenvalue weighted by Crippen LogP contribution is -2.14. The number of hydrogen-bond donors (Lipinski definition) is 2. The largest absolute Gasteiger partial charge is 0.493 e. The zero-order valence-corrected chi connectivity index (χ0v) is 18.4. The van der Waals surface area contributed by atoms with Crippen molar-refractivity contribution < 1.29 is 14.6 Å². The van der Waals surface area contributed by atoms with E-state index < -0.39 is 5.97 Å². The van der Waals surface area contributed by atoms with Gasteiger partial charge in [-0.2, -0.15) is 0 Å². The zero-order valence-electron chi connectivity index (χ0n) is 18.4. The average molecular weight is 442 g/mol. The maximum Gasteiger partial charge on any atom is 0.305 e. The summed E-state index contributed by atoms with van der Waals surface area (Å²) in [5.74, 6) is -0.0217. The first kappa shape index (κ1) is 21.1. The number of rotatable bonds is 8. The van der Waals surface area contributed by atoms with Gasteiger partial charge in [0.05, 0.1) is 30.5 Å². The normalized spacial score (nSPS) is 13.8. The van der Waals surface area contributed by atoms with Gasteiger partial charge >= 0.3 is 5.97 Å². The molecule has 0 saturated carbocycles. The molecule has 0 amide bonds. The van der Waals surface area contributed by atoms with Crippen LogP contribution in [0.3, 0.4) is 0 Å². The molecule has 1 aliphatic rings. The maximum atomic E-state index is 11.5. The van der Waals surface area contributed by atoms with E-state index in [4.69, 9.17) is 9.72 Å². The highest BCUT2D eigenvalue weighted by atomic mass is 16.5. The molecule has 0 spiro atoms. The van der Waals surface area contributed by atoms with E-state index in [1.165, 1.54) is 0 Å². The number of aryl methyl sites for hydroxylation is 1. The van der Waals surface area contributed by atoms with Gasteiger partial charge in [-0.1, -0.05) is 30.3 Å². The molecule has 5 rings (SSSR count). The molecule has 0 bridgehead atoms. The van der Waals surface area contributed by atoms with E-state index in [2.05, 4.69) is 17.4 Å². The van der Waals surface area contributed by atoms with E-state index in [0.717, 1.165) is 65.1 Å². The van der Waals surface area contributed by atoms with Gasteiger partial charge in [-0.25, -0.2) is 0 Å². The summed E-state index contributed by atoms with van der Waals surface area (Å²) >= 11 is 0. The van der Waals surface area contributed by atoms with Crippen molar-refractivity contribution in [3.63, 3.8) is 0 Å². The van der Waals surface area contributed by atoms with Crippen LogP contribution in [0.25, 0.3) is 10.9 Å². The number of fused-ring (bicyclic) bond motifs is 2. The van der Waals surface area contributed by atoms with Gasteiger partial charge in [-0.05, 0) is 54.8 Å². The van der Waals surface area contributed by atoms with Crippen LogP contribution in [-0.4, -0.2) is 33.8 Å². The van der Waals surface area contributed by atoms with Crippen LogP contribution >= 0.6 is 0 Å². The van der Waals surface area contributed by atoms with Gasteiger partial charge in [-0.3, -0.25) is 9.78 Å². The lowest BCUT2D eigenvalue weighted by Gasteiger charge is -2.19. The minimum atomic E-state index is -0.822. The van der Waals surface area contributed by atoms with Gasteiger partial charge in [0.2, 0.25) is 0 Å². The van der Waals surface area contributed by atoms with Crippen LogP contribution in [0.1, 0.15) is 35.8 Å². The molecule has 1 unspecified atom stereocenters. The van der Waals surface area contributed by atoms with Crippen molar-refractivity contribution in [2.75, 3.05) is 18.5 Å². The van der Waals surface area contributed by atoms with Crippen LogP contribution < -0.4 is 10.1 Å². The summed E-state index contributed by atoms with van der Waals surface area (Å²) in [6, 6.07) is 21.7. The molecule has 0 fully saturated rings. The fourth-order valence-electron chi connectivity index (χ4n) is 4.51. The number of carbonyl (C=O) groups is 1. The molecule has 33 heavy (non-hydrogen) atoms. The van der Waals surface area contributed by atoms with E-state index in [0.29, 0.717) is 6.61 Å². The summed E-state index contributed by atoms with van der Waals surface area (Å²) in [5, 5.41) is 13.9. The molecule has 2 aromatic heterocycles. The molecule has 0 saturated heterocycles. The van der Waals surface area contributed by atoms with Crippen molar-refractivity contribution >= 4 is 22.6 Å². The highest BCUT2D eigenvalue weighted by Gasteiger charge is 2.19. The number of aliphatic carboxylic acids is 1. The number of carboxylic acid groups (broad SMARTS) is 1. The van der Waals surface area contributed by atoms with E-state index in [1.807, 2.05) is 65.4 Å². The Balaban J connectivity index is 1.30. The Morgan fingerprint density at radius 3 is 2.85 bits per heavy atom. The smallest absolute Gasteiger partial charge is 0.305 e. The van der Waals surface area contributed by atoms with Crippen LogP contribution in [0.4, 0.5) is 5.69 Å². The van der Waals surface area contributed by atoms with Gasteiger partial charge in [0.1, 0.15) is 5.75 Å². The summed E-state index contributed by atoms with van der Waals surface area (Å²) in [5.41, 5.74) is 5.31. The Morgan fingerprint density at radius 1 is 1.12 bits per heavy atom. The molecule has 1 aliphatic heterocycles. The fraction of sp³-hybridized carbons (Fsp3) is 0.259. The van der Waals surface area contributed by atoms with E-state index in [1.54, 1.807) is 0 Å². The molecule has 0 radical (unpaired) electrons. The third kappa shape index (κ3) is 4.70. The minimum Gasteiger partial charge on any atom is -0.493 e. The Bertz CT molecular complexity index is 1270. The number of nitrogens with one attached hydrogen (secondary N) is 1. The molecule has 6 nitrogen and oxygen atoms in total. The summed E-state index contributed by atoms with van der Waals surface area (Å²) in [6.07, 6.45) is 4.88. The molecule has 2 aromatic carbocycles. The van der Waals surface area contributed by atoms with Gasteiger partial charge in [0.25, 0.3) is 0 Å². The summed E-state index contributed by atoms with van der Waals surface area (Å²) in [6.45, 7) is 1.57. The lowest BCUT2D eigenvalue weighted by atomic mass is 10.0. The molecule has 4 aromatic rings. The molecular formula is C27H27N3O3. The highest BCUT2D eigenvalue weighted by molar-refractivity contribution is 5.82. The molecule has 0 aliphatic carbocycles. The van der Waals surface area contributed by atoms with E-state index in [-0.39, 0.29) is 12.5 Å². The summed E-state index contributed by atoms with van der Waals surface area (Å²) in [4.78, 5) is 16.3. The van der Waals surface area contributed by atoms with Crippen molar-refractivity contribution in [3.05, 3.63) is 89.9 Å². The third-order valence-electron chi connectivity index (χ3n) is 6.14. The molecular weight excluding hydrogens is 414 g/mol. The van der Waals surface area contributed by atoms with Crippen LogP contribution in [0.15, 0.2) is 72.9 Å². The SMILES string of the molecule is O=C(O)CC(c1ccccc1)n1ccc2cc(OCCc3ccc4c(n3)CCCN4)ccc21. The van der Waals surface area contributed by atoms with Crippen molar-refractivity contribution in [2.24, 2.45) is 0 Å². The Kier molecular flexibility index (Phi) is 5.98. The van der Waals surface area contributed by atoms with Gasteiger partial charge in [0.15, 0.2) is 0 Å². The van der Waals surface area contributed by atoms with Crippen molar-refractivity contribution in [2.45, 2.75) is 31.7 Å². The number of carboxylic acids is 1. The Labute approximate surface area is 192 Å². The van der Waals surface area contributed by atoms with Crippen LogP contribution in [0.2, 0.25) is 0 Å². The number of aromatic nitrogens is 2. The van der Waals surface area contributed by atoms with Crippen LogP contribution in [0.5, 0.6) is 5.75 Å². The molecule has 3 heterocycles. The number of pyridine rings is 1. The highest BCUT2D eigenvalue weighted by Crippen LogP contribution is 2.30. The van der Waals surface area contributed by atoms with Gasteiger partial charge < -0.3 is 19.7 Å². The van der Waals surface area contributed by atoms with Crippen molar-refractivity contribution in [1.82, 2.24) is 9.55 Å². The first-order valence-corrected chi connectivity index (χ1v) is 11.4. The second-order valence-corrected chi connectivity index (χ2v) is 8.39. The van der Waals surface area contributed by atoms with Crippen LogP contribution in [0, 0.1) is 0 Å². The maximum absolute atomic E-state index is 11.5. The Morgan fingerprint density at radius 2 is 2.00 bits per heavy atom. The fourth-order valence-corrected chi connectivity index (χ4v) is 4.51. The first-order chi connectivity index (χ1) is 16.2. The van der Waals surface area contributed by atoms with Gasteiger partial charge in [0, 0.05) is 35.8 Å². The number of hydrogen-bond acceptors (Lipinski definition) is 4. The van der Waals surface area contributed by atoms with Gasteiger partial charge in [-0.15, -0.1) is 0 Å². The zero-order chi connectivity index (χ0) is 22.6. The molecule has 6 heteroatoms. The second kappa shape index (κ2) is 9.36.